The van der Waals surface area contributed by atoms with Crippen molar-refractivity contribution in [1.82, 2.24) is 4.98 Å². The fourth-order valence-corrected chi connectivity index (χ4v) is 1.65. The Morgan fingerprint density at radius 2 is 1.93 bits per heavy atom. The number of aryl methyl sites for hydroxylation is 1. The molecule has 2 aromatic rings. The van der Waals surface area contributed by atoms with E-state index in [2.05, 4.69) is 4.98 Å². The number of rotatable bonds is 2. The number of nitrogens with one attached hydrogen (secondary N) is 1. The molecule has 0 bridgehead atoms. The van der Waals surface area contributed by atoms with Crippen LogP contribution in [0.15, 0.2) is 36.4 Å². The Kier molecular flexibility index (Phi) is 2.60. The number of hydrogen-bond donors (Lipinski definition) is 1. The lowest BCUT2D eigenvalue weighted by Gasteiger charge is -2.01. The maximum atomic E-state index is 10.9. The highest BCUT2D eigenvalue weighted by Gasteiger charge is 2.07. The minimum absolute atomic E-state index is 0.426. The van der Waals surface area contributed by atoms with Crippen LogP contribution in [0.5, 0.6) is 0 Å². The van der Waals surface area contributed by atoms with Crippen LogP contribution in [0.4, 0.5) is 0 Å². The summed E-state index contributed by atoms with van der Waals surface area (Å²) in [7, 11) is 0. The van der Waals surface area contributed by atoms with Crippen molar-refractivity contribution in [2.75, 3.05) is 0 Å². The van der Waals surface area contributed by atoms with Gasteiger partial charge in [-0.2, -0.15) is 0 Å². The molecule has 1 aromatic carbocycles. The van der Waals surface area contributed by atoms with Gasteiger partial charge in [0.2, 0.25) is 0 Å². The summed E-state index contributed by atoms with van der Waals surface area (Å²) in [5, 5.41) is -0.463. The zero-order chi connectivity index (χ0) is 10.8. The molecule has 0 amide bonds. The van der Waals surface area contributed by atoms with Gasteiger partial charge in [-0.3, -0.25) is 4.79 Å². The molecule has 15 heavy (non-hydrogen) atoms. The molecule has 76 valence electrons. The molecule has 0 aliphatic carbocycles. The fraction of sp³-hybridized carbons (Fsp3) is 0.0833. The first-order chi connectivity index (χ1) is 7.18. The predicted molar refractivity (Wildman–Crippen MR) is 61.1 cm³/mol. The molecular formula is C12H10ClNO. The number of hydrogen-bond acceptors (Lipinski definition) is 1. The van der Waals surface area contributed by atoms with Gasteiger partial charge in [-0.05, 0) is 36.2 Å². The molecule has 0 fully saturated rings. The summed E-state index contributed by atoms with van der Waals surface area (Å²) in [6.45, 7) is 2.03. The van der Waals surface area contributed by atoms with Crippen LogP contribution in [-0.2, 0) is 0 Å². The first-order valence-electron chi connectivity index (χ1n) is 4.63. The van der Waals surface area contributed by atoms with Gasteiger partial charge in [0.05, 0.1) is 5.69 Å². The van der Waals surface area contributed by atoms with Crippen LogP contribution in [0.2, 0.25) is 0 Å². The van der Waals surface area contributed by atoms with Crippen LogP contribution in [-0.4, -0.2) is 10.2 Å². The van der Waals surface area contributed by atoms with E-state index < -0.39 is 5.24 Å². The van der Waals surface area contributed by atoms with E-state index >= 15 is 0 Å². The number of carbonyl (C=O) groups is 1. The zero-order valence-electron chi connectivity index (χ0n) is 8.25. The van der Waals surface area contributed by atoms with Crippen molar-refractivity contribution in [1.29, 1.82) is 0 Å². The Bertz CT molecular complexity index is 502. The van der Waals surface area contributed by atoms with E-state index in [4.69, 9.17) is 11.6 Å². The zero-order valence-corrected chi connectivity index (χ0v) is 9.01. The lowest BCUT2D eigenvalue weighted by Crippen LogP contribution is -1.88. The Balaban J connectivity index is 2.46. The summed E-state index contributed by atoms with van der Waals surface area (Å²) >= 11 is 5.37. The molecule has 0 saturated heterocycles. The third-order valence-electron chi connectivity index (χ3n) is 2.33. The van der Waals surface area contributed by atoms with E-state index in [0.29, 0.717) is 5.69 Å². The van der Waals surface area contributed by atoms with Gasteiger partial charge in [-0.1, -0.05) is 24.3 Å². The van der Waals surface area contributed by atoms with Crippen LogP contribution in [0.1, 0.15) is 16.1 Å². The third kappa shape index (κ3) is 1.95. The number of aromatic amines is 1. The second-order valence-corrected chi connectivity index (χ2v) is 3.72. The van der Waals surface area contributed by atoms with E-state index in [1.807, 2.05) is 37.3 Å². The molecule has 0 aliphatic rings. The van der Waals surface area contributed by atoms with E-state index in [9.17, 15) is 4.79 Å². The quantitative estimate of drug-likeness (QED) is 0.772. The highest BCUT2D eigenvalue weighted by atomic mass is 35.5. The average Bonchev–Trinajstić information content (AvgIpc) is 2.67. The van der Waals surface area contributed by atoms with Gasteiger partial charge in [0.15, 0.2) is 0 Å². The Morgan fingerprint density at radius 3 is 2.53 bits per heavy atom. The molecule has 0 spiro atoms. The standard InChI is InChI=1S/C12H10ClNO/c1-8-4-2-3-5-9(8)10-6-7-11(14-10)12(13)15/h2-7,14H,1H3. The van der Waals surface area contributed by atoms with Gasteiger partial charge in [-0.25, -0.2) is 0 Å². The van der Waals surface area contributed by atoms with Crippen LogP contribution in [0.3, 0.4) is 0 Å². The predicted octanol–water partition coefficient (Wildman–Crippen LogP) is 3.37. The molecule has 2 nitrogen and oxygen atoms in total. The highest BCUT2D eigenvalue weighted by Crippen LogP contribution is 2.22. The monoisotopic (exact) mass is 219 g/mol. The van der Waals surface area contributed by atoms with Crippen LogP contribution in [0.25, 0.3) is 11.3 Å². The molecule has 2 rings (SSSR count). The minimum Gasteiger partial charge on any atom is -0.351 e. The molecule has 0 aliphatic heterocycles. The molecule has 1 heterocycles. The van der Waals surface area contributed by atoms with Gasteiger partial charge < -0.3 is 4.98 Å². The molecule has 3 heteroatoms. The van der Waals surface area contributed by atoms with E-state index in [1.54, 1.807) is 6.07 Å². The van der Waals surface area contributed by atoms with Crippen molar-refractivity contribution in [3.8, 4) is 11.3 Å². The van der Waals surface area contributed by atoms with Crippen LogP contribution >= 0.6 is 11.6 Å². The number of halogens is 1. The average molecular weight is 220 g/mol. The van der Waals surface area contributed by atoms with Crippen molar-refractivity contribution < 1.29 is 4.79 Å². The van der Waals surface area contributed by atoms with Gasteiger partial charge >= 0.3 is 0 Å². The highest BCUT2D eigenvalue weighted by molar-refractivity contribution is 6.67. The topological polar surface area (TPSA) is 32.9 Å². The Morgan fingerprint density at radius 1 is 1.20 bits per heavy atom. The van der Waals surface area contributed by atoms with E-state index in [1.165, 1.54) is 0 Å². The summed E-state index contributed by atoms with van der Waals surface area (Å²) < 4.78 is 0. The van der Waals surface area contributed by atoms with Crippen LogP contribution < -0.4 is 0 Å². The molecule has 1 aromatic heterocycles. The lowest BCUT2D eigenvalue weighted by molar-refractivity contribution is 0.107. The maximum Gasteiger partial charge on any atom is 0.268 e. The van der Waals surface area contributed by atoms with Crippen molar-refractivity contribution >= 4 is 16.8 Å². The van der Waals surface area contributed by atoms with Crippen molar-refractivity contribution in [2.24, 2.45) is 0 Å². The molecule has 0 saturated carbocycles. The number of benzene rings is 1. The summed E-state index contributed by atoms with van der Waals surface area (Å²) in [5.74, 6) is 0. The minimum atomic E-state index is -0.463. The Labute approximate surface area is 92.9 Å². The largest absolute Gasteiger partial charge is 0.351 e. The van der Waals surface area contributed by atoms with E-state index in [-0.39, 0.29) is 0 Å². The van der Waals surface area contributed by atoms with E-state index in [0.717, 1.165) is 16.8 Å². The van der Waals surface area contributed by atoms with Crippen LogP contribution in [0, 0.1) is 6.92 Å². The first-order valence-corrected chi connectivity index (χ1v) is 5.01. The smallest absolute Gasteiger partial charge is 0.268 e. The number of aromatic nitrogens is 1. The molecule has 0 unspecified atom stereocenters. The molecule has 0 atom stereocenters. The molecule has 1 N–H and O–H groups in total. The van der Waals surface area contributed by atoms with Crippen molar-refractivity contribution in [3.05, 3.63) is 47.7 Å². The van der Waals surface area contributed by atoms with Crippen molar-refractivity contribution in [3.63, 3.8) is 0 Å². The fourth-order valence-electron chi connectivity index (χ4n) is 1.54. The lowest BCUT2D eigenvalue weighted by atomic mass is 10.1. The molecule has 0 radical (unpaired) electrons. The number of carbonyl (C=O) groups excluding carboxylic acids is 1. The van der Waals surface area contributed by atoms with Gasteiger partial charge in [0.1, 0.15) is 0 Å². The maximum absolute atomic E-state index is 10.9. The number of H-pyrrole nitrogens is 1. The summed E-state index contributed by atoms with van der Waals surface area (Å²) in [4.78, 5) is 13.9. The third-order valence-corrected chi connectivity index (χ3v) is 2.54. The summed E-state index contributed by atoms with van der Waals surface area (Å²) in [6, 6.07) is 11.5. The van der Waals surface area contributed by atoms with Gasteiger partial charge in [0, 0.05) is 11.3 Å². The summed E-state index contributed by atoms with van der Waals surface area (Å²) in [5.41, 5.74) is 3.58. The van der Waals surface area contributed by atoms with Gasteiger partial charge in [0.25, 0.3) is 5.24 Å². The normalized spacial score (nSPS) is 10.3. The second kappa shape index (κ2) is 3.91. The SMILES string of the molecule is Cc1ccccc1-c1ccc(C(=O)Cl)[nH]1. The van der Waals surface area contributed by atoms with Crippen molar-refractivity contribution in [2.45, 2.75) is 6.92 Å². The summed E-state index contributed by atoms with van der Waals surface area (Å²) in [6.07, 6.45) is 0. The molecular weight excluding hydrogens is 210 g/mol. The van der Waals surface area contributed by atoms with Gasteiger partial charge in [-0.15, -0.1) is 0 Å². The first kappa shape index (κ1) is 9.99. The second-order valence-electron chi connectivity index (χ2n) is 3.37. The Hall–Kier alpha value is -1.54.